The largest absolute Gasteiger partial charge is 0.507 e. The molecule has 0 radical (unpaired) electrons. The third kappa shape index (κ3) is 3.34. The number of carbonyl (C=O) groups excluding carboxylic acids is 2. The van der Waals surface area contributed by atoms with Crippen molar-refractivity contribution in [2.45, 2.75) is 6.04 Å². The number of hydrogen-bond acceptors (Lipinski definition) is 7. The van der Waals surface area contributed by atoms with Gasteiger partial charge >= 0.3 is 0 Å². The van der Waals surface area contributed by atoms with Crippen molar-refractivity contribution in [3.8, 4) is 11.5 Å². The van der Waals surface area contributed by atoms with E-state index in [-0.39, 0.29) is 30.0 Å². The summed E-state index contributed by atoms with van der Waals surface area (Å²) in [6.07, 6.45) is 1.44. The molecule has 28 heavy (non-hydrogen) atoms. The van der Waals surface area contributed by atoms with Gasteiger partial charge in [-0.1, -0.05) is 0 Å². The van der Waals surface area contributed by atoms with E-state index in [0.717, 1.165) is 0 Å². The number of benzene rings is 1. The fraction of sp³-hybridized carbons (Fsp3) is 0.300. The molecule has 0 spiro atoms. The molecule has 2 aromatic rings. The maximum Gasteiger partial charge on any atom is 0.295 e. The van der Waals surface area contributed by atoms with Crippen LogP contribution in [0.15, 0.2) is 46.6 Å². The number of nitrogens with zero attached hydrogens (tertiary/aromatic N) is 1. The molecule has 1 atom stereocenters. The molecule has 1 aliphatic heterocycles. The Bertz CT molecular complexity index is 901. The van der Waals surface area contributed by atoms with Gasteiger partial charge in [-0.3, -0.25) is 9.59 Å². The zero-order valence-electron chi connectivity index (χ0n) is 15.8. The lowest BCUT2D eigenvalue weighted by atomic mass is 9.98. The second kappa shape index (κ2) is 8.18. The molecule has 148 valence electrons. The monoisotopic (exact) mass is 387 g/mol. The Morgan fingerprint density at radius 1 is 1.18 bits per heavy atom. The van der Waals surface area contributed by atoms with Gasteiger partial charge in [0.15, 0.2) is 0 Å². The van der Waals surface area contributed by atoms with E-state index in [1.54, 1.807) is 30.3 Å². The van der Waals surface area contributed by atoms with E-state index in [1.165, 1.54) is 32.5 Å². The van der Waals surface area contributed by atoms with Crippen LogP contribution >= 0.6 is 0 Å². The number of ether oxygens (including phenoxy) is 3. The highest BCUT2D eigenvalue weighted by Gasteiger charge is 2.47. The number of likely N-dealkylation sites (tertiary alicyclic amines) is 1. The minimum atomic E-state index is -0.864. The number of ketones is 1. The molecule has 1 fully saturated rings. The fourth-order valence-corrected chi connectivity index (χ4v) is 3.18. The van der Waals surface area contributed by atoms with Crippen LogP contribution in [0.25, 0.3) is 5.76 Å². The molecule has 2 heterocycles. The quantitative estimate of drug-likeness (QED) is 0.442. The molecule has 1 amide bonds. The third-order valence-electron chi connectivity index (χ3n) is 4.55. The van der Waals surface area contributed by atoms with Crippen molar-refractivity contribution in [1.82, 2.24) is 4.90 Å². The summed E-state index contributed by atoms with van der Waals surface area (Å²) in [5.74, 6) is -0.682. The van der Waals surface area contributed by atoms with E-state index in [9.17, 15) is 14.7 Å². The lowest BCUT2D eigenvalue weighted by Gasteiger charge is -2.23. The summed E-state index contributed by atoms with van der Waals surface area (Å²) in [4.78, 5) is 26.7. The third-order valence-corrected chi connectivity index (χ3v) is 4.55. The SMILES string of the molecule is COCCN1C(=O)C(=O)/C(=C(\O)c2ccc(OC)cc2OC)C1c1ccco1. The minimum absolute atomic E-state index is 0.0699. The maximum atomic E-state index is 12.8. The van der Waals surface area contributed by atoms with Crippen LogP contribution in [0, 0.1) is 0 Å². The second-order valence-electron chi connectivity index (χ2n) is 6.07. The molecule has 3 rings (SSSR count). The first-order valence-corrected chi connectivity index (χ1v) is 8.56. The van der Waals surface area contributed by atoms with Gasteiger partial charge < -0.3 is 28.6 Å². The summed E-state index contributed by atoms with van der Waals surface area (Å²) in [5, 5.41) is 11.0. The van der Waals surface area contributed by atoms with Gasteiger partial charge in [0.1, 0.15) is 29.1 Å². The van der Waals surface area contributed by atoms with Crippen molar-refractivity contribution in [3.05, 3.63) is 53.5 Å². The average molecular weight is 387 g/mol. The van der Waals surface area contributed by atoms with Gasteiger partial charge in [-0.2, -0.15) is 0 Å². The predicted octanol–water partition coefficient (Wildman–Crippen LogP) is 2.36. The molecule has 1 aromatic heterocycles. The summed E-state index contributed by atoms with van der Waals surface area (Å²) in [7, 11) is 4.44. The van der Waals surface area contributed by atoms with Gasteiger partial charge in [0.05, 0.1) is 38.2 Å². The van der Waals surface area contributed by atoms with Crippen molar-refractivity contribution in [1.29, 1.82) is 0 Å². The summed E-state index contributed by atoms with van der Waals surface area (Å²) < 4.78 is 21.0. The first-order valence-electron chi connectivity index (χ1n) is 8.56. The lowest BCUT2D eigenvalue weighted by molar-refractivity contribution is -0.140. The summed E-state index contributed by atoms with van der Waals surface area (Å²) in [6, 6.07) is 7.21. The van der Waals surface area contributed by atoms with Crippen LogP contribution in [0.5, 0.6) is 11.5 Å². The van der Waals surface area contributed by atoms with Crippen LogP contribution in [0.4, 0.5) is 0 Å². The van der Waals surface area contributed by atoms with Gasteiger partial charge in [0.2, 0.25) is 0 Å². The molecular formula is C20H21NO7. The van der Waals surface area contributed by atoms with Crippen molar-refractivity contribution < 1.29 is 33.3 Å². The Labute approximate surface area is 161 Å². The summed E-state index contributed by atoms with van der Waals surface area (Å²) in [5.41, 5.74) is 0.198. The maximum absolute atomic E-state index is 12.8. The number of aliphatic hydroxyl groups excluding tert-OH is 1. The smallest absolute Gasteiger partial charge is 0.295 e. The van der Waals surface area contributed by atoms with Crippen LogP contribution in [-0.4, -0.2) is 56.2 Å². The highest BCUT2D eigenvalue weighted by molar-refractivity contribution is 6.46. The van der Waals surface area contributed by atoms with Crippen LogP contribution < -0.4 is 9.47 Å². The van der Waals surface area contributed by atoms with Gasteiger partial charge in [-0.05, 0) is 24.3 Å². The number of aliphatic hydroxyl groups is 1. The summed E-state index contributed by atoms with van der Waals surface area (Å²) in [6.45, 7) is 0.402. The first kappa shape index (κ1) is 19.5. The highest BCUT2D eigenvalue weighted by atomic mass is 16.5. The van der Waals surface area contributed by atoms with Crippen molar-refractivity contribution in [2.24, 2.45) is 0 Å². The van der Waals surface area contributed by atoms with E-state index < -0.39 is 17.7 Å². The molecule has 1 saturated heterocycles. The van der Waals surface area contributed by atoms with Crippen molar-refractivity contribution >= 4 is 17.4 Å². The molecule has 1 aromatic carbocycles. The minimum Gasteiger partial charge on any atom is -0.507 e. The number of rotatable bonds is 7. The zero-order chi connectivity index (χ0) is 20.3. The Balaban J connectivity index is 2.16. The van der Waals surface area contributed by atoms with Crippen molar-refractivity contribution in [2.75, 3.05) is 34.5 Å². The fourth-order valence-electron chi connectivity index (χ4n) is 3.18. The molecule has 0 bridgehead atoms. The zero-order valence-corrected chi connectivity index (χ0v) is 15.8. The number of furan rings is 1. The topological polar surface area (TPSA) is 98.4 Å². The number of carbonyl (C=O) groups is 2. The summed E-state index contributed by atoms with van der Waals surface area (Å²) >= 11 is 0. The Hall–Kier alpha value is -3.26. The van der Waals surface area contributed by atoms with E-state index in [1.807, 2.05) is 0 Å². The van der Waals surface area contributed by atoms with E-state index >= 15 is 0 Å². The van der Waals surface area contributed by atoms with Gasteiger partial charge in [0, 0.05) is 19.7 Å². The standard InChI is InChI=1S/C20H21NO7/c1-25-10-8-21-17(14-5-4-9-28-14)16(19(23)20(21)24)18(22)13-7-6-12(26-2)11-15(13)27-3/h4-7,9,11,17,22H,8,10H2,1-3H3/b18-16-. The molecular weight excluding hydrogens is 366 g/mol. The molecule has 1 aliphatic rings. The number of methoxy groups -OCH3 is 3. The molecule has 1 N–H and O–H groups in total. The van der Waals surface area contributed by atoms with E-state index in [4.69, 9.17) is 18.6 Å². The Kier molecular flexibility index (Phi) is 5.70. The average Bonchev–Trinajstić information content (AvgIpc) is 3.33. The Morgan fingerprint density at radius 3 is 2.57 bits per heavy atom. The number of amides is 1. The molecule has 1 unspecified atom stereocenters. The Morgan fingerprint density at radius 2 is 1.96 bits per heavy atom. The number of Topliss-reactive ketones (excluding diaryl/α,β-unsaturated/α-hetero) is 1. The normalized spacial score (nSPS) is 18.5. The molecule has 0 aliphatic carbocycles. The molecule has 8 heteroatoms. The number of hydrogen-bond donors (Lipinski definition) is 1. The molecule has 0 saturated carbocycles. The van der Waals surface area contributed by atoms with Crippen LogP contribution in [0.2, 0.25) is 0 Å². The van der Waals surface area contributed by atoms with E-state index in [2.05, 4.69) is 0 Å². The van der Waals surface area contributed by atoms with Crippen LogP contribution in [-0.2, 0) is 14.3 Å². The lowest BCUT2D eigenvalue weighted by Crippen LogP contribution is -2.32. The highest BCUT2D eigenvalue weighted by Crippen LogP contribution is 2.41. The van der Waals surface area contributed by atoms with Gasteiger partial charge in [-0.25, -0.2) is 0 Å². The second-order valence-corrected chi connectivity index (χ2v) is 6.07. The molecule has 8 nitrogen and oxygen atoms in total. The van der Waals surface area contributed by atoms with Crippen molar-refractivity contribution in [3.63, 3.8) is 0 Å². The van der Waals surface area contributed by atoms with Crippen LogP contribution in [0.3, 0.4) is 0 Å². The first-order chi connectivity index (χ1) is 13.5. The van der Waals surface area contributed by atoms with Crippen LogP contribution in [0.1, 0.15) is 17.4 Å². The van der Waals surface area contributed by atoms with E-state index in [0.29, 0.717) is 17.3 Å². The van der Waals surface area contributed by atoms with Gasteiger partial charge in [-0.15, -0.1) is 0 Å². The predicted molar refractivity (Wildman–Crippen MR) is 99.1 cm³/mol. The van der Waals surface area contributed by atoms with Gasteiger partial charge in [0.25, 0.3) is 11.7 Å².